The molecule has 1 unspecified atom stereocenters. The summed E-state index contributed by atoms with van der Waals surface area (Å²) < 4.78 is 5.55. The predicted molar refractivity (Wildman–Crippen MR) is 74.8 cm³/mol. The van der Waals surface area contributed by atoms with Crippen molar-refractivity contribution in [1.29, 1.82) is 0 Å². The minimum Gasteiger partial charge on any atom is -0.467 e. The molecule has 1 aromatic carbocycles. The molecular weight excluding hydrogens is 222 g/mol. The van der Waals surface area contributed by atoms with Crippen molar-refractivity contribution in [3.05, 3.63) is 59.0 Å². The lowest BCUT2D eigenvalue weighted by Crippen LogP contribution is -2.22. The maximum Gasteiger partial charge on any atom is 0.125 e. The second-order valence-electron chi connectivity index (χ2n) is 4.75. The van der Waals surface area contributed by atoms with E-state index < -0.39 is 0 Å². The van der Waals surface area contributed by atoms with Crippen LogP contribution in [0.15, 0.2) is 41.0 Å². The molecule has 1 N–H and O–H groups in total. The molecule has 0 spiro atoms. The number of furan rings is 1. The van der Waals surface area contributed by atoms with Crippen LogP contribution >= 0.6 is 0 Å². The first kappa shape index (κ1) is 12.9. The van der Waals surface area contributed by atoms with Crippen molar-refractivity contribution in [3.8, 4) is 0 Å². The molecule has 1 heterocycles. The number of rotatable bonds is 5. The molecule has 0 radical (unpaired) electrons. The third-order valence-corrected chi connectivity index (χ3v) is 3.29. The Hall–Kier alpha value is -1.54. The van der Waals surface area contributed by atoms with Crippen molar-refractivity contribution in [3.63, 3.8) is 0 Å². The van der Waals surface area contributed by atoms with Crippen LogP contribution in [0.2, 0.25) is 0 Å². The van der Waals surface area contributed by atoms with E-state index in [2.05, 4.69) is 44.3 Å². The van der Waals surface area contributed by atoms with Crippen LogP contribution in [0.5, 0.6) is 0 Å². The van der Waals surface area contributed by atoms with E-state index in [1.165, 1.54) is 16.7 Å². The molecule has 2 heteroatoms. The lowest BCUT2D eigenvalue weighted by Gasteiger charge is -2.18. The molecule has 2 rings (SSSR count). The SMILES string of the molecule is CCCNC(c1ccc(C)c(C)c1)c1ccco1. The van der Waals surface area contributed by atoms with E-state index in [0.29, 0.717) is 0 Å². The summed E-state index contributed by atoms with van der Waals surface area (Å²) in [5.74, 6) is 0.978. The highest BCUT2D eigenvalue weighted by Crippen LogP contribution is 2.24. The molecule has 1 aromatic heterocycles. The molecule has 2 nitrogen and oxygen atoms in total. The molecule has 0 bridgehead atoms. The van der Waals surface area contributed by atoms with Gasteiger partial charge in [0.15, 0.2) is 0 Å². The molecule has 96 valence electrons. The first-order chi connectivity index (χ1) is 8.72. The quantitative estimate of drug-likeness (QED) is 0.859. The van der Waals surface area contributed by atoms with Gasteiger partial charge in [0.1, 0.15) is 5.76 Å². The largest absolute Gasteiger partial charge is 0.467 e. The van der Waals surface area contributed by atoms with Crippen molar-refractivity contribution < 1.29 is 4.42 Å². The zero-order valence-corrected chi connectivity index (χ0v) is 11.4. The van der Waals surface area contributed by atoms with E-state index >= 15 is 0 Å². The Bertz CT molecular complexity index is 488. The molecule has 0 aliphatic rings. The lowest BCUT2D eigenvalue weighted by molar-refractivity contribution is 0.446. The third-order valence-electron chi connectivity index (χ3n) is 3.29. The fourth-order valence-electron chi connectivity index (χ4n) is 2.07. The van der Waals surface area contributed by atoms with Gasteiger partial charge in [-0.1, -0.05) is 25.1 Å². The summed E-state index contributed by atoms with van der Waals surface area (Å²) in [6.45, 7) is 7.45. The number of hydrogen-bond donors (Lipinski definition) is 1. The Morgan fingerprint density at radius 3 is 2.61 bits per heavy atom. The highest BCUT2D eigenvalue weighted by Gasteiger charge is 2.16. The van der Waals surface area contributed by atoms with Gasteiger partial charge in [0.2, 0.25) is 0 Å². The highest BCUT2D eigenvalue weighted by molar-refractivity contribution is 5.34. The Balaban J connectivity index is 2.30. The molecule has 0 aliphatic carbocycles. The van der Waals surface area contributed by atoms with Gasteiger partial charge in [-0.25, -0.2) is 0 Å². The molecule has 1 atom stereocenters. The zero-order chi connectivity index (χ0) is 13.0. The smallest absolute Gasteiger partial charge is 0.125 e. The number of hydrogen-bond acceptors (Lipinski definition) is 2. The first-order valence-corrected chi connectivity index (χ1v) is 6.56. The van der Waals surface area contributed by atoms with E-state index in [-0.39, 0.29) is 6.04 Å². The maximum absolute atomic E-state index is 5.55. The number of aryl methyl sites for hydroxylation is 2. The van der Waals surface area contributed by atoms with E-state index in [1.807, 2.05) is 12.1 Å². The lowest BCUT2D eigenvalue weighted by atomic mass is 9.99. The van der Waals surface area contributed by atoms with E-state index in [1.54, 1.807) is 6.26 Å². The summed E-state index contributed by atoms with van der Waals surface area (Å²) in [6.07, 6.45) is 2.85. The van der Waals surface area contributed by atoms with Crippen molar-refractivity contribution in [1.82, 2.24) is 5.32 Å². The van der Waals surface area contributed by atoms with Gasteiger partial charge in [0, 0.05) is 0 Å². The summed E-state index contributed by atoms with van der Waals surface area (Å²) >= 11 is 0. The second kappa shape index (κ2) is 5.87. The van der Waals surface area contributed by atoms with Gasteiger partial charge in [-0.05, 0) is 55.6 Å². The van der Waals surface area contributed by atoms with Crippen LogP contribution in [0.25, 0.3) is 0 Å². The highest BCUT2D eigenvalue weighted by atomic mass is 16.3. The van der Waals surface area contributed by atoms with Gasteiger partial charge in [-0.2, -0.15) is 0 Å². The average Bonchev–Trinajstić information content (AvgIpc) is 2.88. The molecular formula is C16H21NO. The van der Waals surface area contributed by atoms with Crippen molar-refractivity contribution in [2.45, 2.75) is 33.2 Å². The zero-order valence-electron chi connectivity index (χ0n) is 11.4. The predicted octanol–water partition coefficient (Wildman–Crippen LogP) is 3.99. The Kier molecular flexibility index (Phi) is 4.21. The molecule has 0 saturated carbocycles. The van der Waals surface area contributed by atoms with Crippen molar-refractivity contribution >= 4 is 0 Å². The topological polar surface area (TPSA) is 25.2 Å². The summed E-state index contributed by atoms with van der Waals surface area (Å²) in [5.41, 5.74) is 3.91. The van der Waals surface area contributed by atoms with Crippen LogP contribution in [0.1, 0.15) is 41.8 Å². The summed E-state index contributed by atoms with van der Waals surface area (Å²) in [7, 11) is 0. The normalized spacial score (nSPS) is 12.6. The van der Waals surface area contributed by atoms with Crippen LogP contribution in [-0.2, 0) is 0 Å². The van der Waals surface area contributed by atoms with Gasteiger partial charge < -0.3 is 9.73 Å². The summed E-state index contributed by atoms with van der Waals surface area (Å²) in [4.78, 5) is 0. The van der Waals surface area contributed by atoms with E-state index in [0.717, 1.165) is 18.7 Å². The van der Waals surface area contributed by atoms with Crippen LogP contribution < -0.4 is 5.32 Å². The third kappa shape index (κ3) is 2.82. The average molecular weight is 243 g/mol. The molecule has 2 aromatic rings. The Labute approximate surface area is 109 Å². The minimum absolute atomic E-state index is 0.152. The Morgan fingerprint density at radius 1 is 1.17 bits per heavy atom. The monoisotopic (exact) mass is 243 g/mol. The van der Waals surface area contributed by atoms with E-state index in [9.17, 15) is 0 Å². The van der Waals surface area contributed by atoms with Crippen LogP contribution in [0.3, 0.4) is 0 Å². The second-order valence-corrected chi connectivity index (χ2v) is 4.75. The fourth-order valence-corrected chi connectivity index (χ4v) is 2.07. The number of nitrogens with one attached hydrogen (secondary N) is 1. The van der Waals surface area contributed by atoms with Gasteiger partial charge in [0.05, 0.1) is 12.3 Å². The van der Waals surface area contributed by atoms with Gasteiger partial charge >= 0.3 is 0 Å². The Morgan fingerprint density at radius 2 is 2.00 bits per heavy atom. The van der Waals surface area contributed by atoms with Gasteiger partial charge in [-0.3, -0.25) is 0 Å². The van der Waals surface area contributed by atoms with Crippen molar-refractivity contribution in [2.75, 3.05) is 6.54 Å². The van der Waals surface area contributed by atoms with Crippen LogP contribution in [-0.4, -0.2) is 6.54 Å². The van der Waals surface area contributed by atoms with Gasteiger partial charge in [-0.15, -0.1) is 0 Å². The number of benzene rings is 1. The minimum atomic E-state index is 0.152. The summed E-state index contributed by atoms with van der Waals surface area (Å²) in [6, 6.07) is 10.7. The first-order valence-electron chi connectivity index (χ1n) is 6.56. The van der Waals surface area contributed by atoms with Crippen LogP contribution in [0.4, 0.5) is 0 Å². The summed E-state index contributed by atoms with van der Waals surface area (Å²) in [5, 5.41) is 3.54. The van der Waals surface area contributed by atoms with Crippen molar-refractivity contribution in [2.24, 2.45) is 0 Å². The molecule has 0 fully saturated rings. The fraction of sp³-hybridized carbons (Fsp3) is 0.375. The van der Waals surface area contributed by atoms with Crippen LogP contribution in [0, 0.1) is 13.8 Å². The van der Waals surface area contributed by atoms with Gasteiger partial charge in [0.25, 0.3) is 0 Å². The maximum atomic E-state index is 5.55. The van der Waals surface area contributed by atoms with E-state index in [4.69, 9.17) is 4.42 Å². The standard InChI is InChI=1S/C16H21NO/c1-4-9-17-16(15-6-5-10-18-15)14-8-7-12(2)13(3)11-14/h5-8,10-11,16-17H,4,9H2,1-3H3. The molecule has 0 aliphatic heterocycles. The molecule has 18 heavy (non-hydrogen) atoms. The molecule has 0 saturated heterocycles. The molecule has 0 amide bonds.